The Morgan fingerprint density at radius 3 is 3.00 bits per heavy atom. The molecule has 1 fully saturated rings. The fraction of sp³-hybridized carbons (Fsp3) is 0.571. The number of likely N-dealkylation sites (tertiary alicyclic amines) is 1. The van der Waals surface area contributed by atoms with Crippen molar-refractivity contribution in [3.63, 3.8) is 0 Å². The molecule has 0 bridgehead atoms. The normalized spacial score (nSPS) is 20.9. The first-order chi connectivity index (χ1) is 8.76. The molecule has 0 saturated carbocycles. The minimum atomic E-state index is 0.472. The van der Waals surface area contributed by atoms with Crippen LogP contribution in [-0.4, -0.2) is 31.1 Å². The van der Waals surface area contributed by atoms with Crippen LogP contribution in [0.2, 0.25) is 5.02 Å². The number of methoxy groups -OCH3 is 1. The van der Waals surface area contributed by atoms with Gasteiger partial charge in [-0.3, -0.25) is 4.90 Å². The van der Waals surface area contributed by atoms with E-state index in [0.717, 1.165) is 29.4 Å². The highest BCUT2D eigenvalue weighted by atomic mass is 35.5. The Labute approximate surface area is 114 Å². The van der Waals surface area contributed by atoms with Gasteiger partial charge < -0.3 is 10.5 Å². The largest absolute Gasteiger partial charge is 0.496 e. The molecule has 1 aromatic carbocycles. The second-order valence-corrected chi connectivity index (χ2v) is 5.18. The van der Waals surface area contributed by atoms with E-state index < -0.39 is 0 Å². The van der Waals surface area contributed by atoms with Gasteiger partial charge in [0.25, 0.3) is 0 Å². The number of piperidine rings is 1. The predicted octanol–water partition coefficient (Wildman–Crippen LogP) is 2.66. The highest BCUT2D eigenvalue weighted by molar-refractivity contribution is 6.31. The fourth-order valence-electron chi connectivity index (χ4n) is 2.62. The number of hydrogen-bond donors (Lipinski definition) is 1. The van der Waals surface area contributed by atoms with Crippen molar-refractivity contribution < 1.29 is 4.74 Å². The second kappa shape index (κ2) is 6.41. The molecular formula is C14H21ClN2O. The third-order valence-electron chi connectivity index (χ3n) is 3.68. The topological polar surface area (TPSA) is 38.5 Å². The standard InChI is InChI=1S/C14H21ClN2O/c1-18-14-7-4-6-13(15)12(14)10-17-8-3-2-5-11(17)9-16/h4,6-7,11H,2-3,5,8-10,16H2,1H3. The van der Waals surface area contributed by atoms with Gasteiger partial charge >= 0.3 is 0 Å². The zero-order chi connectivity index (χ0) is 13.0. The molecule has 0 aromatic heterocycles. The molecule has 2 rings (SSSR count). The van der Waals surface area contributed by atoms with Gasteiger partial charge in [-0.2, -0.15) is 0 Å². The van der Waals surface area contributed by atoms with Crippen LogP contribution in [0, 0.1) is 0 Å². The Balaban J connectivity index is 2.17. The average molecular weight is 269 g/mol. The molecule has 18 heavy (non-hydrogen) atoms. The lowest BCUT2D eigenvalue weighted by Gasteiger charge is -2.35. The third kappa shape index (κ3) is 2.97. The van der Waals surface area contributed by atoms with Crippen molar-refractivity contribution in [1.29, 1.82) is 0 Å². The van der Waals surface area contributed by atoms with E-state index in [1.807, 2.05) is 18.2 Å². The van der Waals surface area contributed by atoms with Crippen LogP contribution in [-0.2, 0) is 6.54 Å². The predicted molar refractivity (Wildman–Crippen MR) is 75.1 cm³/mol. The summed E-state index contributed by atoms with van der Waals surface area (Å²) in [4.78, 5) is 2.42. The molecule has 1 aliphatic heterocycles. The minimum absolute atomic E-state index is 0.472. The Hall–Kier alpha value is -0.770. The summed E-state index contributed by atoms with van der Waals surface area (Å²) in [5.41, 5.74) is 6.92. The van der Waals surface area contributed by atoms with E-state index in [1.54, 1.807) is 7.11 Å². The van der Waals surface area contributed by atoms with E-state index in [-0.39, 0.29) is 0 Å². The molecular weight excluding hydrogens is 248 g/mol. The van der Waals surface area contributed by atoms with E-state index in [4.69, 9.17) is 22.1 Å². The first-order valence-electron chi connectivity index (χ1n) is 6.51. The summed E-state index contributed by atoms with van der Waals surface area (Å²) in [5, 5.41) is 0.774. The maximum Gasteiger partial charge on any atom is 0.124 e. The van der Waals surface area contributed by atoms with Crippen LogP contribution in [0.4, 0.5) is 0 Å². The summed E-state index contributed by atoms with van der Waals surface area (Å²) >= 11 is 6.28. The number of rotatable bonds is 4. The Morgan fingerprint density at radius 1 is 1.44 bits per heavy atom. The van der Waals surface area contributed by atoms with Gasteiger partial charge in [0.15, 0.2) is 0 Å². The summed E-state index contributed by atoms with van der Waals surface area (Å²) in [6.07, 6.45) is 3.70. The lowest BCUT2D eigenvalue weighted by Crippen LogP contribution is -2.43. The molecule has 0 amide bonds. The number of nitrogens with zero attached hydrogens (tertiary/aromatic N) is 1. The van der Waals surface area contributed by atoms with E-state index in [2.05, 4.69) is 4.90 Å². The quantitative estimate of drug-likeness (QED) is 0.912. The van der Waals surface area contributed by atoms with Crippen molar-refractivity contribution in [3.05, 3.63) is 28.8 Å². The van der Waals surface area contributed by atoms with Crippen LogP contribution < -0.4 is 10.5 Å². The van der Waals surface area contributed by atoms with Gasteiger partial charge in [-0.1, -0.05) is 24.1 Å². The van der Waals surface area contributed by atoms with Gasteiger partial charge in [0.2, 0.25) is 0 Å². The molecule has 0 aliphatic carbocycles. The lowest BCUT2D eigenvalue weighted by molar-refractivity contribution is 0.143. The summed E-state index contributed by atoms with van der Waals surface area (Å²) in [6.45, 7) is 2.63. The number of halogens is 1. The van der Waals surface area contributed by atoms with Crippen molar-refractivity contribution in [1.82, 2.24) is 4.90 Å². The third-order valence-corrected chi connectivity index (χ3v) is 4.03. The van der Waals surface area contributed by atoms with E-state index in [9.17, 15) is 0 Å². The van der Waals surface area contributed by atoms with E-state index in [1.165, 1.54) is 19.3 Å². The second-order valence-electron chi connectivity index (χ2n) is 4.78. The van der Waals surface area contributed by atoms with Crippen LogP contribution in [0.1, 0.15) is 24.8 Å². The average Bonchev–Trinajstić information content (AvgIpc) is 2.41. The summed E-state index contributed by atoms with van der Waals surface area (Å²) in [7, 11) is 1.69. The van der Waals surface area contributed by atoms with Crippen molar-refractivity contribution in [3.8, 4) is 5.75 Å². The van der Waals surface area contributed by atoms with Gasteiger partial charge in [-0.05, 0) is 31.5 Å². The molecule has 3 nitrogen and oxygen atoms in total. The Bertz CT molecular complexity index is 397. The van der Waals surface area contributed by atoms with Crippen molar-refractivity contribution in [2.45, 2.75) is 31.8 Å². The monoisotopic (exact) mass is 268 g/mol. The van der Waals surface area contributed by atoms with Crippen molar-refractivity contribution in [2.75, 3.05) is 20.2 Å². The van der Waals surface area contributed by atoms with Crippen molar-refractivity contribution in [2.24, 2.45) is 5.73 Å². The summed E-state index contributed by atoms with van der Waals surface area (Å²) in [6, 6.07) is 6.27. The minimum Gasteiger partial charge on any atom is -0.496 e. The molecule has 4 heteroatoms. The van der Waals surface area contributed by atoms with Gasteiger partial charge in [0.1, 0.15) is 5.75 Å². The van der Waals surface area contributed by atoms with E-state index >= 15 is 0 Å². The van der Waals surface area contributed by atoms with Crippen LogP contribution in [0.15, 0.2) is 18.2 Å². The number of ether oxygens (including phenoxy) is 1. The SMILES string of the molecule is COc1cccc(Cl)c1CN1CCCCC1CN. The first-order valence-corrected chi connectivity index (χ1v) is 6.89. The molecule has 0 spiro atoms. The highest BCUT2D eigenvalue weighted by Crippen LogP contribution is 2.29. The number of nitrogens with two attached hydrogens (primary N) is 1. The van der Waals surface area contributed by atoms with Crippen LogP contribution in [0.5, 0.6) is 5.75 Å². The smallest absolute Gasteiger partial charge is 0.124 e. The molecule has 1 aliphatic rings. The van der Waals surface area contributed by atoms with E-state index in [0.29, 0.717) is 12.6 Å². The maximum atomic E-state index is 6.28. The molecule has 1 heterocycles. The molecule has 1 saturated heterocycles. The Morgan fingerprint density at radius 2 is 2.28 bits per heavy atom. The molecule has 2 N–H and O–H groups in total. The molecule has 1 aromatic rings. The Kier molecular flexibility index (Phi) is 4.87. The summed E-state index contributed by atoms with van der Waals surface area (Å²) in [5.74, 6) is 0.865. The zero-order valence-corrected chi connectivity index (χ0v) is 11.6. The van der Waals surface area contributed by atoms with Gasteiger partial charge in [-0.15, -0.1) is 0 Å². The van der Waals surface area contributed by atoms with Crippen LogP contribution in [0.25, 0.3) is 0 Å². The molecule has 100 valence electrons. The maximum absolute atomic E-state index is 6.28. The van der Waals surface area contributed by atoms with Gasteiger partial charge in [0.05, 0.1) is 7.11 Å². The fourth-order valence-corrected chi connectivity index (χ4v) is 2.85. The van der Waals surface area contributed by atoms with Gasteiger partial charge in [0, 0.05) is 29.7 Å². The molecule has 0 radical (unpaired) electrons. The zero-order valence-electron chi connectivity index (χ0n) is 10.9. The van der Waals surface area contributed by atoms with Gasteiger partial charge in [-0.25, -0.2) is 0 Å². The summed E-state index contributed by atoms with van der Waals surface area (Å²) < 4.78 is 5.39. The lowest BCUT2D eigenvalue weighted by atomic mass is 10.0. The van der Waals surface area contributed by atoms with Crippen LogP contribution >= 0.6 is 11.6 Å². The first kappa shape index (κ1) is 13.7. The molecule has 1 atom stereocenters. The number of benzene rings is 1. The van der Waals surface area contributed by atoms with Crippen molar-refractivity contribution >= 4 is 11.6 Å². The molecule has 1 unspecified atom stereocenters. The highest BCUT2D eigenvalue weighted by Gasteiger charge is 2.22. The van der Waals surface area contributed by atoms with Crippen LogP contribution in [0.3, 0.4) is 0 Å². The number of hydrogen-bond acceptors (Lipinski definition) is 3.